The second kappa shape index (κ2) is 5.20. The number of carbonyl (C=O) groups is 2. The minimum atomic E-state index is -0.988. The van der Waals surface area contributed by atoms with E-state index in [2.05, 4.69) is 5.32 Å². The van der Waals surface area contributed by atoms with Crippen molar-refractivity contribution >= 4 is 33.3 Å². The third kappa shape index (κ3) is 3.14. The van der Waals surface area contributed by atoms with Crippen molar-refractivity contribution in [3.63, 3.8) is 0 Å². The minimum absolute atomic E-state index is 0.183. The number of carboxylic acids is 1. The van der Waals surface area contributed by atoms with Gasteiger partial charge < -0.3 is 10.4 Å². The van der Waals surface area contributed by atoms with Gasteiger partial charge in [0.15, 0.2) is 0 Å². The minimum Gasteiger partial charge on any atom is -0.481 e. The van der Waals surface area contributed by atoms with E-state index in [1.807, 2.05) is 0 Å². The second-order valence-electron chi connectivity index (χ2n) is 5.17. The Morgan fingerprint density at radius 2 is 2.10 bits per heavy atom. The van der Waals surface area contributed by atoms with Gasteiger partial charge in [-0.3, -0.25) is 9.59 Å². The van der Waals surface area contributed by atoms with Gasteiger partial charge in [-0.1, -0.05) is 6.07 Å². The van der Waals surface area contributed by atoms with Gasteiger partial charge in [-0.25, -0.2) is 4.39 Å². The second-order valence-corrected chi connectivity index (χ2v) is 6.25. The lowest BCUT2D eigenvalue weighted by molar-refractivity contribution is -0.138. The average molecular weight is 295 g/mol. The van der Waals surface area contributed by atoms with Crippen LogP contribution in [0.5, 0.6) is 0 Å². The molecule has 2 N–H and O–H groups in total. The van der Waals surface area contributed by atoms with Crippen LogP contribution in [0.15, 0.2) is 24.3 Å². The molecule has 2 aromatic rings. The fourth-order valence-electron chi connectivity index (χ4n) is 1.93. The maximum Gasteiger partial charge on any atom is 0.305 e. The number of hydrogen-bond acceptors (Lipinski definition) is 3. The van der Waals surface area contributed by atoms with Crippen LogP contribution in [0.1, 0.15) is 29.9 Å². The van der Waals surface area contributed by atoms with Crippen molar-refractivity contribution in [1.82, 2.24) is 5.32 Å². The molecule has 0 fully saturated rings. The van der Waals surface area contributed by atoms with Crippen LogP contribution in [0.2, 0.25) is 0 Å². The highest BCUT2D eigenvalue weighted by molar-refractivity contribution is 7.20. The first-order chi connectivity index (χ1) is 9.28. The van der Waals surface area contributed by atoms with E-state index < -0.39 is 17.4 Å². The van der Waals surface area contributed by atoms with E-state index in [1.54, 1.807) is 26.0 Å². The fraction of sp³-hybridized carbons (Fsp3) is 0.286. The number of thiophene rings is 1. The summed E-state index contributed by atoms with van der Waals surface area (Å²) in [4.78, 5) is 23.2. The van der Waals surface area contributed by atoms with Crippen LogP contribution in [-0.2, 0) is 4.79 Å². The molecular weight excluding hydrogens is 281 g/mol. The molecule has 6 heteroatoms. The number of halogens is 1. The number of hydrogen-bond donors (Lipinski definition) is 2. The first-order valence-electron chi connectivity index (χ1n) is 6.01. The van der Waals surface area contributed by atoms with Gasteiger partial charge in [-0.2, -0.15) is 0 Å². The van der Waals surface area contributed by atoms with Gasteiger partial charge in [-0.15, -0.1) is 11.3 Å². The standard InChI is InChI=1S/C14H14FNO3S/c1-14(2,7-12(17)18)16-13(19)11-6-8-9(15)4-3-5-10(8)20-11/h3-6H,7H2,1-2H3,(H,16,19)(H,17,18). The zero-order valence-electron chi connectivity index (χ0n) is 11.1. The monoisotopic (exact) mass is 295 g/mol. The highest BCUT2D eigenvalue weighted by atomic mass is 32.1. The van der Waals surface area contributed by atoms with Crippen molar-refractivity contribution in [3.8, 4) is 0 Å². The highest BCUT2D eigenvalue weighted by Crippen LogP contribution is 2.28. The highest BCUT2D eigenvalue weighted by Gasteiger charge is 2.25. The fourth-order valence-corrected chi connectivity index (χ4v) is 2.90. The molecule has 1 amide bonds. The van der Waals surface area contributed by atoms with Crippen molar-refractivity contribution in [3.05, 3.63) is 35.0 Å². The lowest BCUT2D eigenvalue weighted by Gasteiger charge is -2.23. The summed E-state index contributed by atoms with van der Waals surface area (Å²) >= 11 is 1.18. The third-order valence-electron chi connectivity index (χ3n) is 2.78. The molecule has 0 bridgehead atoms. The Labute approximate surface area is 119 Å². The molecule has 0 spiro atoms. The third-order valence-corrected chi connectivity index (χ3v) is 3.88. The summed E-state index contributed by atoms with van der Waals surface area (Å²) < 4.78 is 14.3. The van der Waals surface area contributed by atoms with Gasteiger partial charge in [0.05, 0.1) is 11.3 Å². The molecule has 0 saturated heterocycles. The van der Waals surface area contributed by atoms with Gasteiger partial charge in [0, 0.05) is 15.6 Å². The molecule has 0 atom stereocenters. The van der Waals surface area contributed by atoms with Crippen molar-refractivity contribution in [2.24, 2.45) is 0 Å². The number of benzene rings is 1. The van der Waals surface area contributed by atoms with E-state index in [0.29, 0.717) is 15.0 Å². The molecule has 0 radical (unpaired) electrons. The molecule has 0 saturated carbocycles. The van der Waals surface area contributed by atoms with E-state index in [-0.39, 0.29) is 12.2 Å². The van der Waals surface area contributed by atoms with Gasteiger partial charge in [0.25, 0.3) is 5.91 Å². The summed E-state index contributed by atoms with van der Waals surface area (Å²) in [6, 6.07) is 6.15. The molecule has 106 valence electrons. The number of carboxylic acid groups (broad SMARTS) is 1. The smallest absolute Gasteiger partial charge is 0.305 e. The predicted octanol–water partition coefficient (Wildman–Crippen LogP) is 3.02. The van der Waals surface area contributed by atoms with Gasteiger partial charge in [-0.05, 0) is 32.0 Å². The van der Waals surface area contributed by atoms with Crippen LogP contribution in [-0.4, -0.2) is 22.5 Å². The molecule has 0 unspecified atom stereocenters. The van der Waals surface area contributed by atoms with Crippen LogP contribution < -0.4 is 5.32 Å². The van der Waals surface area contributed by atoms with Crippen molar-refractivity contribution < 1.29 is 19.1 Å². The summed E-state index contributed by atoms with van der Waals surface area (Å²) in [6.45, 7) is 3.26. The van der Waals surface area contributed by atoms with E-state index in [4.69, 9.17) is 5.11 Å². The van der Waals surface area contributed by atoms with Crippen molar-refractivity contribution in [2.45, 2.75) is 25.8 Å². The van der Waals surface area contributed by atoms with Gasteiger partial charge in [0.1, 0.15) is 5.82 Å². The first kappa shape index (κ1) is 14.5. The summed E-state index contributed by atoms with van der Waals surface area (Å²) in [7, 11) is 0. The summed E-state index contributed by atoms with van der Waals surface area (Å²) in [5.41, 5.74) is -0.863. The molecule has 0 aliphatic heterocycles. The molecular formula is C14H14FNO3S. The molecule has 0 aliphatic carbocycles. The number of carbonyl (C=O) groups excluding carboxylic acids is 1. The van der Waals surface area contributed by atoms with E-state index in [0.717, 1.165) is 0 Å². The van der Waals surface area contributed by atoms with Crippen LogP contribution in [0.25, 0.3) is 10.1 Å². The van der Waals surface area contributed by atoms with Crippen LogP contribution in [0, 0.1) is 5.82 Å². The Morgan fingerprint density at radius 3 is 2.70 bits per heavy atom. The Hall–Kier alpha value is -1.95. The summed E-state index contributed by atoms with van der Waals surface area (Å²) in [5, 5.41) is 11.8. The number of nitrogens with one attached hydrogen (secondary N) is 1. The van der Waals surface area contributed by atoms with Gasteiger partial charge in [0.2, 0.25) is 0 Å². The van der Waals surface area contributed by atoms with Crippen molar-refractivity contribution in [2.75, 3.05) is 0 Å². The zero-order valence-corrected chi connectivity index (χ0v) is 11.9. The molecule has 20 heavy (non-hydrogen) atoms. The van der Waals surface area contributed by atoms with E-state index >= 15 is 0 Å². The first-order valence-corrected chi connectivity index (χ1v) is 6.82. The molecule has 1 aromatic heterocycles. The van der Waals surface area contributed by atoms with E-state index in [9.17, 15) is 14.0 Å². The zero-order chi connectivity index (χ0) is 14.9. The number of aliphatic carboxylic acids is 1. The molecule has 1 aromatic carbocycles. The Morgan fingerprint density at radius 1 is 1.40 bits per heavy atom. The van der Waals surface area contributed by atoms with Gasteiger partial charge >= 0.3 is 5.97 Å². The normalized spacial score (nSPS) is 11.6. The number of amides is 1. The van der Waals surface area contributed by atoms with E-state index in [1.165, 1.54) is 23.5 Å². The number of fused-ring (bicyclic) bond motifs is 1. The maximum atomic E-state index is 13.6. The Bertz CT molecular complexity index is 678. The molecule has 1 heterocycles. The lowest BCUT2D eigenvalue weighted by Crippen LogP contribution is -2.44. The van der Waals surface area contributed by atoms with Crippen LogP contribution >= 0.6 is 11.3 Å². The average Bonchev–Trinajstić information content (AvgIpc) is 2.71. The largest absolute Gasteiger partial charge is 0.481 e. The molecule has 2 rings (SSSR count). The Balaban J connectivity index is 2.23. The van der Waals surface area contributed by atoms with Crippen LogP contribution in [0.3, 0.4) is 0 Å². The Kier molecular flexibility index (Phi) is 3.76. The topological polar surface area (TPSA) is 66.4 Å². The number of rotatable bonds is 4. The summed E-state index contributed by atoms with van der Waals surface area (Å²) in [5.74, 6) is -1.75. The summed E-state index contributed by atoms with van der Waals surface area (Å²) in [6.07, 6.45) is -0.183. The van der Waals surface area contributed by atoms with Crippen LogP contribution in [0.4, 0.5) is 4.39 Å². The van der Waals surface area contributed by atoms with Crippen molar-refractivity contribution in [1.29, 1.82) is 0 Å². The SMILES string of the molecule is CC(C)(CC(=O)O)NC(=O)c1cc2c(F)cccc2s1. The predicted molar refractivity (Wildman–Crippen MR) is 75.6 cm³/mol. The lowest BCUT2D eigenvalue weighted by atomic mass is 10.0. The molecule has 4 nitrogen and oxygen atoms in total. The maximum absolute atomic E-state index is 13.6. The molecule has 0 aliphatic rings. The quantitative estimate of drug-likeness (QED) is 0.911.